The van der Waals surface area contributed by atoms with Gasteiger partial charge in [-0.2, -0.15) is 0 Å². The van der Waals surface area contributed by atoms with E-state index in [1.165, 1.54) is 33.1 Å². The van der Waals surface area contributed by atoms with Gasteiger partial charge in [-0.05, 0) is 90.9 Å². The number of Topliss-reactive ketones (excluding diaryl/α,β-unsaturated/α-hetero) is 1. The van der Waals surface area contributed by atoms with E-state index in [-0.39, 0.29) is 57.6 Å². The van der Waals surface area contributed by atoms with Crippen LogP contribution in [0.4, 0.5) is 9.59 Å². The fourth-order valence-corrected chi connectivity index (χ4v) is 11.5. The highest BCUT2D eigenvalue weighted by Gasteiger charge is 2.55. The molecule has 20 nitrogen and oxygen atoms in total. The zero-order valence-electron chi connectivity index (χ0n) is 49.8. The van der Waals surface area contributed by atoms with Crippen LogP contribution in [0.15, 0.2) is 60.7 Å². The maximum Gasteiger partial charge on any atom is 0.509 e. The zero-order valence-corrected chi connectivity index (χ0v) is 49.8. The summed E-state index contributed by atoms with van der Waals surface area (Å²) >= 11 is 0. The number of hydrogen-bond donors (Lipinski definition) is 2. The Morgan fingerprint density at radius 2 is 1.32 bits per heavy atom. The molecule has 3 saturated heterocycles. The monoisotopic (exact) mass is 1130 g/mol. The Hall–Kier alpha value is -4.77. The predicted molar refractivity (Wildman–Crippen MR) is 294 cm³/mol. The maximum atomic E-state index is 14.9. The number of likely N-dealkylation sites (N-methyl/N-ethyl adjacent to an activating group) is 2. The van der Waals surface area contributed by atoms with E-state index < -0.39 is 132 Å². The number of aliphatic hydroxyl groups excluding tert-OH is 1. The van der Waals surface area contributed by atoms with Crippen molar-refractivity contribution in [3.63, 3.8) is 0 Å². The van der Waals surface area contributed by atoms with Gasteiger partial charge in [-0.15, -0.1) is 0 Å². The molecular weight excluding hydrogens is 1040 g/mol. The molecule has 2 N–H and O–H groups in total. The van der Waals surface area contributed by atoms with Crippen molar-refractivity contribution in [2.24, 2.45) is 23.7 Å². The Morgan fingerprint density at radius 1 is 0.750 bits per heavy atom. The molecule has 0 radical (unpaired) electrons. The molecule has 3 aliphatic rings. The summed E-state index contributed by atoms with van der Waals surface area (Å²) in [5.41, 5.74) is -3.19. The molecular formula is C60H92N2O18. The van der Waals surface area contributed by atoms with E-state index in [0.717, 1.165) is 5.56 Å². The van der Waals surface area contributed by atoms with Gasteiger partial charge in [0.1, 0.15) is 36.3 Å². The first-order valence-electron chi connectivity index (χ1n) is 28.3. The summed E-state index contributed by atoms with van der Waals surface area (Å²) in [6.07, 6.45) is -13.2. The number of carbonyl (C=O) groups excluding carboxylic acids is 5. The van der Waals surface area contributed by atoms with E-state index in [9.17, 15) is 34.2 Å². The highest BCUT2D eigenvalue weighted by atomic mass is 16.8. The van der Waals surface area contributed by atoms with Gasteiger partial charge in [0.2, 0.25) is 0 Å². The van der Waals surface area contributed by atoms with Gasteiger partial charge < -0.3 is 67.2 Å². The molecule has 5 rings (SSSR count). The number of nitrogens with zero attached hydrogens (tertiary/aromatic N) is 2. The van der Waals surface area contributed by atoms with E-state index >= 15 is 0 Å². The van der Waals surface area contributed by atoms with Crippen molar-refractivity contribution in [1.29, 1.82) is 0 Å². The lowest BCUT2D eigenvalue weighted by atomic mass is 9.76. The summed E-state index contributed by atoms with van der Waals surface area (Å²) in [6.45, 7) is 22.0. The van der Waals surface area contributed by atoms with Crippen LogP contribution in [0.1, 0.15) is 126 Å². The number of rotatable bonds is 18. The Labute approximate surface area is 473 Å². The summed E-state index contributed by atoms with van der Waals surface area (Å²) in [5.74, 6) is -5.20. The molecule has 0 bridgehead atoms. The molecule has 3 aliphatic heterocycles. The van der Waals surface area contributed by atoms with E-state index in [1.807, 2.05) is 55.1 Å². The molecule has 2 aromatic carbocycles. The lowest BCUT2D eigenvalue weighted by Gasteiger charge is -2.50. The van der Waals surface area contributed by atoms with Crippen LogP contribution in [-0.4, -0.2) is 175 Å². The van der Waals surface area contributed by atoms with Crippen LogP contribution in [0.25, 0.3) is 0 Å². The van der Waals surface area contributed by atoms with Gasteiger partial charge in [-0.1, -0.05) is 102 Å². The number of ketones is 1. The smallest absolute Gasteiger partial charge is 0.459 e. The van der Waals surface area contributed by atoms with Crippen molar-refractivity contribution in [3.05, 3.63) is 71.8 Å². The number of amides is 1. The van der Waals surface area contributed by atoms with Crippen LogP contribution >= 0.6 is 0 Å². The molecule has 18 atom stereocenters. The molecule has 0 unspecified atom stereocenters. The Kier molecular flexibility index (Phi) is 24.3. The highest BCUT2D eigenvalue weighted by Crippen LogP contribution is 2.43. The quantitative estimate of drug-likeness (QED) is 0.107. The number of aliphatic hydroxyl groups is 2. The first-order valence-corrected chi connectivity index (χ1v) is 28.3. The van der Waals surface area contributed by atoms with E-state index in [2.05, 4.69) is 0 Å². The molecule has 3 fully saturated rings. The Bertz CT molecular complexity index is 2290. The van der Waals surface area contributed by atoms with Gasteiger partial charge in [-0.25, -0.2) is 9.59 Å². The van der Waals surface area contributed by atoms with Crippen LogP contribution < -0.4 is 0 Å². The van der Waals surface area contributed by atoms with Gasteiger partial charge in [-0.3, -0.25) is 19.3 Å². The second-order valence-corrected chi connectivity index (χ2v) is 22.8. The van der Waals surface area contributed by atoms with Crippen LogP contribution in [0.3, 0.4) is 0 Å². The van der Waals surface area contributed by atoms with Crippen LogP contribution in [0, 0.1) is 23.7 Å². The van der Waals surface area contributed by atoms with Crippen molar-refractivity contribution < 1.29 is 86.3 Å². The fraction of sp³-hybridized carbons (Fsp3) is 0.717. The summed E-state index contributed by atoms with van der Waals surface area (Å²) in [5, 5.41) is 23.7. The zero-order chi connectivity index (χ0) is 59.3. The van der Waals surface area contributed by atoms with Gasteiger partial charge in [0.15, 0.2) is 24.8 Å². The van der Waals surface area contributed by atoms with Crippen molar-refractivity contribution in [3.8, 4) is 0 Å². The molecule has 20 heteroatoms. The Morgan fingerprint density at radius 3 is 1.89 bits per heavy atom. The molecule has 0 aromatic heterocycles. The predicted octanol–water partition coefficient (Wildman–Crippen LogP) is 7.79. The van der Waals surface area contributed by atoms with Crippen molar-refractivity contribution >= 4 is 30.0 Å². The second kappa shape index (κ2) is 29.5. The molecule has 450 valence electrons. The number of methoxy groups -OCH3 is 2. The summed E-state index contributed by atoms with van der Waals surface area (Å²) in [4.78, 5) is 73.9. The average molecular weight is 1130 g/mol. The third-order valence-electron chi connectivity index (χ3n) is 16.7. The van der Waals surface area contributed by atoms with Crippen LogP contribution in [0.2, 0.25) is 0 Å². The average Bonchev–Trinajstić information content (AvgIpc) is 3.44. The summed E-state index contributed by atoms with van der Waals surface area (Å²) < 4.78 is 70.1. The molecule has 80 heavy (non-hydrogen) atoms. The maximum absolute atomic E-state index is 14.9. The fourth-order valence-electron chi connectivity index (χ4n) is 11.5. The van der Waals surface area contributed by atoms with Crippen LogP contribution in [-0.2, 0) is 79.7 Å². The highest BCUT2D eigenvalue weighted by molar-refractivity contribution is 5.81. The SMILES string of the molecule is CC[C@H]1OC(=O)[C@H](C)[C@@H](O[C@H]2C[C@@](C)(OC)[C@@H](OC(=O)CN(CC)CC)[C@H](C)O2)[C@H](C)[C@@H](O[C@@H]2O[C@H](C)C[C@H](N(C)C(=O)OCc3ccccc3)[C@H]2OC(=O)OCc2ccccc2)[C@](C)(OC)C[C@@H](C)C(=O)C[C@H](C)[C@@H](O)[C@]1(C)O. The minimum Gasteiger partial charge on any atom is -0.459 e. The minimum atomic E-state index is -1.99. The number of hydrogen-bond acceptors (Lipinski definition) is 19. The third kappa shape index (κ3) is 16.7. The largest absolute Gasteiger partial charge is 0.509 e. The molecule has 2 aromatic rings. The summed E-state index contributed by atoms with van der Waals surface area (Å²) in [6, 6.07) is 17.2. The first-order chi connectivity index (χ1) is 37.7. The molecule has 0 saturated carbocycles. The van der Waals surface area contributed by atoms with Crippen molar-refractivity contribution in [2.75, 3.05) is 40.9 Å². The number of ether oxygens (including phenoxy) is 11. The summed E-state index contributed by atoms with van der Waals surface area (Å²) in [7, 11) is 4.50. The normalized spacial score (nSPS) is 35.7. The molecule has 1 amide bonds. The van der Waals surface area contributed by atoms with Gasteiger partial charge in [0, 0.05) is 45.9 Å². The van der Waals surface area contributed by atoms with Gasteiger partial charge in [0.05, 0.1) is 54.6 Å². The van der Waals surface area contributed by atoms with E-state index in [1.54, 1.807) is 86.6 Å². The number of esters is 2. The topological polar surface area (TPSA) is 234 Å². The molecule has 3 heterocycles. The minimum absolute atomic E-state index is 0.000978. The van der Waals surface area contributed by atoms with Gasteiger partial charge in [0.25, 0.3) is 0 Å². The van der Waals surface area contributed by atoms with E-state index in [4.69, 9.17) is 52.1 Å². The van der Waals surface area contributed by atoms with Crippen LogP contribution in [0.5, 0.6) is 0 Å². The number of benzene rings is 2. The standard InChI is InChI=1S/C60H92N2O18/c1-16-46-60(12,69)51(65)36(4)29-45(63)37(5)31-58(10,70-14)52(39(7)49(40(8)54(66)76-46)78-48-32-59(11,71-15)53(41(9)75-48)77-47(64)33-62(17-2)18-3)80-55-50(79-57(68)73-35-43-27-23-20-24-28-43)44(30-38(6)74-55)61(13)56(67)72-34-42-25-21-19-22-26-42/h19-28,36-41,44,46,48-53,55,65,69H,16-18,29-35H2,1-15H3/t36-,37+,38+,39-,40+,41-,44-,46+,48-,49-,50+,51+,52+,53-,55-,58+,59+,60+/m0/s1. The lowest BCUT2D eigenvalue weighted by molar-refractivity contribution is -0.320. The van der Waals surface area contributed by atoms with Crippen molar-refractivity contribution in [1.82, 2.24) is 9.80 Å². The number of carbonyl (C=O) groups is 5. The first kappa shape index (κ1) is 66.0. The molecule has 0 spiro atoms. The second-order valence-electron chi connectivity index (χ2n) is 22.8. The Balaban J connectivity index is 1.64. The van der Waals surface area contributed by atoms with Crippen molar-refractivity contribution in [2.45, 2.75) is 213 Å². The van der Waals surface area contributed by atoms with Gasteiger partial charge >= 0.3 is 24.2 Å². The molecule has 0 aliphatic carbocycles. The third-order valence-corrected chi connectivity index (χ3v) is 16.7. The lowest BCUT2D eigenvalue weighted by Crippen LogP contribution is -2.62. The number of cyclic esters (lactones) is 1. The van der Waals surface area contributed by atoms with E-state index in [0.29, 0.717) is 18.7 Å².